The van der Waals surface area contributed by atoms with Crippen LogP contribution in [0, 0.1) is 20.8 Å². The summed E-state index contributed by atoms with van der Waals surface area (Å²) in [7, 11) is -0.860. The van der Waals surface area contributed by atoms with E-state index in [9.17, 15) is 4.55 Å². The molecule has 0 aliphatic rings. The molecule has 2 heteroatoms. The maximum atomic E-state index is 9.39. The minimum Gasteiger partial charge on any atom is -0.333 e. The van der Waals surface area contributed by atoms with Crippen LogP contribution in [0.1, 0.15) is 16.7 Å². The average molecular weight is 182 g/mol. The molecular formula is C10H14OS. The van der Waals surface area contributed by atoms with Crippen LogP contribution < -0.4 is 0 Å². The van der Waals surface area contributed by atoms with Gasteiger partial charge in [-0.25, -0.2) is 0 Å². The van der Waals surface area contributed by atoms with E-state index in [2.05, 4.69) is 24.9 Å². The second-order valence-corrected chi connectivity index (χ2v) is 4.23. The molecule has 1 atom stereocenters. The van der Waals surface area contributed by atoms with Crippen LogP contribution in [0.25, 0.3) is 0 Å². The molecule has 0 saturated heterocycles. The molecule has 1 aromatic carbocycles. The van der Waals surface area contributed by atoms with Crippen molar-refractivity contribution < 1.29 is 4.55 Å². The van der Waals surface area contributed by atoms with Crippen LogP contribution in [0.4, 0.5) is 0 Å². The Morgan fingerprint density at radius 1 is 1.17 bits per heavy atom. The number of benzene rings is 1. The Kier molecular flexibility index (Phi) is 2.70. The zero-order valence-corrected chi connectivity index (χ0v) is 8.53. The second kappa shape index (κ2) is 3.42. The molecule has 1 N–H and O–H groups in total. The number of rotatable bonds is 1. The minimum absolute atomic E-state index is 0.860. The largest absolute Gasteiger partial charge is 0.333 e. The lowest BCUT2D eigenvalue weighted by molar-refractivity contribution is 0.659. The molecule has 1 unspecified atom stereocenters. The Morgan fingerprint density at radius 3 is 1.92 bits per heavy atom. The Hall–Kier alpha value is -0.600. The van der Waals surface area contributed by atoms with Gasteiger partial charge in [-0.15, -0.1) is 0 Å². The van der Waals surface area contributed by atoms with Gasteiger partial charge in [-0.2, -0.15) is 0 Å². The van der Waals surface area contributed by atoms with Crippen LogP contribution in [0.5, 0.6) is 0 Å². The molecule has 0 fully saturated rings. The van der Waals surface area contributed by atoms with E-state index in [1.807, 2.05) is 13.8 Å². The van der Waals surface area contributed by atoms with Crippen LogP contribution in [-0.4, -0.2) is 10.4 Å². The number of hydrogen-bond donors (Lipinski definition) is 1. The lowest BCUT2D eigenvalue weighted by atomic mass is 10.1. The number of aryl methyl sites for hydroxylation is 3. The summed E-state index contributed by atoms with van der Waals surface area (Å²) in [5.41, 5.74) is 3.50. The molecule has 0 bridgehead atoms. The fourth-order valence-electron chi connectivity index (χ4n) is 1.54. The molecule has 1 rings (SSSR count). The highest BCUT2D eigenvalue weighted by molar-refractivity contribution is 8.09. The van der Waals surface area contributed by atoms with Gasteiger partial charge in [0.05, 0.1) is 0 Å². The maximum Gasteiger partial charge on any atom is 0.0323 e. The molecule has 0 heterocycles. The Morgan fingerprint density at radius 2 is 1.58 bits per heavy atom. The molecule has 0 aromatic heterocycles. The highest BCUT2D eigenvalue weighted by Gasteiger charge is 2.03. The molecule has 0 radical (unpaired) electrons. The Balaban J connectivity index is 3.38. The lowest BCUT2D eigenvalue weighted by Crippen LogP contribution is -1.88. The molecule has 0 aliphatic heterocycles. The third-order valence-corrected chi connectivity index (χ3v) is 2.96. The van der Waals surface area contributed by atoms with Gasteiger partial charge in [-0.3, -0.25) is 0 Å². The van der Waals surface area contributed by atoms with Gasteiger partial charge in [0.2, 0.25) is 0 Å². The standard InChI is InChI=1S/C10H14OS/c1-7-5-8(2)10(12(4)11)9(3)6-7/h5-6,11H,4H2,1-3H3. The molecule has 0 amide bonds. The van der Waals surface area contributed by atoms with Gasteiger partial charge in [0, 0.05) is 4.90 Å². The van der Waals surface area contributed by atoms with Gasteiger partial charge in [0.15, 0.2) is 0 Å². The van der Waals surface area contributed by atoms with Gasteiger partial charge < -0.3 is 4.55 Å². The van der Waals surface area contributed by atoms with E-state index in [1.54, 1.807) is 0 Å². The van der Waals surface area contributed by atoms with Crippen LogP contribution in [-0.2, 0) is 0 Å². The summed E-state index contributed by atoms with van der Waals surface area (Å²) in [5, 5.41) is 0. The zero-order chi connectivity index (χ0) is 9.30. The van der Waals surface area contributed by atoms with Crippen molar-refractivity contribution in [1.29, 1.82) is 0 Å². The normalized spacial score (nSPS) is 13.0. The summed E-state index contributed by atoms with van der Waals surface area (Å²) in [5.74, 6) is 3.64. The van der Waals surface area contributed by atoms with E-state index >= 15 is 0 Å². The average Bonchev–Trinajstić information content (AvgIpc) is 1.82. The van der Waals surface area contributed by atoms with E-state index in [1.165, 1.54) is 5.56 Å². The van der Waals surface area contributed by atoms with Crippen LogP contribution in [0.2, 0.25) is 0 Å². The second-order valence-electron chi connectivity index (χ2n) is 3.09. The van der Waals surface area contributed by atoms with Crippen molar-refractivity contribution in [1.82, 2.24) is 0 Å². The third-order valence-electron chi connectivity index (χ3n) is 1.84. The number of hydrogen-bond acceptors (Lipinski definition) is 1. The predicted molar refractivity (Wildman–Crippen MR) is 56.3 cm³/mol. The summed E-state index contributed by atoms with van der Waals surface area (Å²) < 4.78 is 9.39. The van der Waals surface area contributed by atoms with E-state index in [0.29, 0.717) is 0 Å². The first-order valence-corrected chi connectivity index (χ1v) is 5.18. The van der Waals surface area contributed by atoms with Gasteiger partial charge in [0.1, 0.15) is 0 Å². The van der Waals surface area contributed by atoms with E-state index in [4.69, 9.17) is 0 Å². The van der Waals surface area contributed by atoms with Crippen molar-refractivity contribution in [3.8, 4) is 0 Å². The predicted octanol–water partition coefficient (Wildman–Crippen LogP) is 3.14. The first-order chi connectivity index (χ1) is 5.52. The molecule has 0 aliphatic carbocycles. The third kappa shape index (κ3) is 1.76. The summed E-state index contributed by atoms with van der Waals surface area (Å²) >= 11 is 0. The van der Waals surface area contributed by atoms with Crippen molar-refractivity contribution in [2.45, 2.75) is 25.7 Å². The summed E-state index contributed by atoms with van der Waals surface area (Å²) in [4.78, 5) is 0.987. The summed E-state index contributed by atoms with van der Waals surface area (Å²) in [6.07, 6.45) is 0. The SMILES string of the molecule is C=S(O)c1c(C)cc(C)cc1C. The lowest BCUT2D eigenvalue weighted by Gasteiger charge is -2.09. The van der Waals surface area contributed by atoms with Gasteiger partial charge in [-0.1, -0.05) is 17.7 Å². The fraction of sp³-hybridized carbons (Fsp3) is 0.300. The van der Waals surface area contributed by atoms with Crippen LogP contribution in [0.3, 0.4) is 0 Å². The van der Waals surface area contributed by atoms with Crippen molar-refractivity contribution in [2.24, 2.45) is 0 Å². The highest BCUT2D eigenvalue weighted by Crippen LogP contribution is 2.28. The summed E-state index contributed by atoms with van der Waals surface area (Å²) in [6, 6.07) is 4.15. The smallest absolute Gasteiger partial charge is 0.0323 e. The van der Waals surface area contributed by atoms with Gasteiger partial charge >= 0.3 is 0 Å². The van der Waals surface area contributed by atoms with Crippen LogP contribution in [0.15, 0.2) is 17.0 Å². The maximum absolute atomic E-state index is 9.39. The first-order valence-electron chi connectivity index (χ1n) is 3.83. The van der Waals surface area contributed by atoms with Crippen molar-refractivity contribution in [3.05, 3.63) is 28.8 Å². The topological polar surface area (TPSA) is 20.2 Å². The van der Waals surface area contributed by atoms with Crippen molar-refractivity contribution in [2.75, 3.05) is 0 Å². The van der Waals surface area contributed by atoms with Crippen LogP contribution >= 0.6 is 10.8 Å². The van der Waals surface area contributed by atoms with Gasteiger partial charge in [-0.05, 0) is 48.5 Å². The molecular weight excluding hydrogens is 168 g/mol. The molecule has 12 heavy (non-hydrogen) atoms. The zero-order valence-electron chi connectivity index (χ0n) is 7.72. The van der Waals surface area contributed by atoms with Crippen molar-refractivity contribution >= 4 is 16.6 Å². The molecule has 0 saturated carbocycles. The van der Waals surface area contributed by atoms with Gasteiger partial charge in [0.25, 0.3) is 0 Å². The van der Waals surface area contributed by atoms with Crippen molar-refractivity contribution in [3.63, 3.8) is 0 Å². The minimum atomic E-state index is -0.860. The van der Waals surface area contributed by atoms with E-state index in [-0.39, 0.29) is 0 Å². The van der Waals surface area contributed by atoms with E-state index in [0.717, 1.165) is 16.0 Å². The van der Waals surface area contributed by atoms with E-state index < -0.39 is 10.8 Å². The Bertz CT molecular complexity index is 306. The quantitative estimate of drug-likeness (QED) is 0.661. The molecule has 0 spiro atoms. The first kappa shape index (κ1) is 9.49. The molecule has 1 aromatic rings. The molecule has 1 nitrogen and oxygen atoms in total. The highest BCUT2D eigenvalue weighted by atomic mass is 32.2. The monoisotopic (exact) mass is 182 g/mol. The molecule has 66 valence electrons. The fourth-order valence-corrected chi connectivity index (χ4v) is 2.40. The Labute approximate surface area is 76.2 Å². The summed E-state index contributed by atoms with van der Waals surface area (Å²) in [6.45, 7) is 6.08.